The summed E-state index contributed by atoms with van der Waals surface area (Å²) in [6.45, 7) is 10.0. The number of carbonyl (C=O) groups excluding carboxylic acids is 2. The summed E-state index contributed by atoms with van der Waals surface area (Å²) < 4.78 is 38.2. The number of urea groups is 1. The average molecular weight is 499 g/mol. The van der Waals surface area contributed by atoms with Gasteiger partial charge in [-0.15, -0.1) is 0 Å². The first kappa shape index (κ1) is 27.7. The quantitative estimate of drug-likeness (QED) is 0.644. The standard InChI is InChI=1S/C23H38N4O6S/c1-8-34(30,31)25-18-9-10-19-20(11-18)33-14-17(5)27(23(29)24-15(2)3)12-16(4)21(32-7)13-26(6)22(19)28/h9-11,15-17,21,25H,8,12-14H2,1-7H3,(H,24,29)/t16-,17-,21-/m0/s1. The Morgan fingerprint density at radius 1 is 1.26 bits per heavy atom. The maximum absolute atomic E-state index is 13.2. The molecule has 0 saturated carbocycles. The second kappa shape index (κ2) is 11.7. The first-order valence-corrected chi connectivity index (χ1v) is 13.2. The topological polar surface area (TPSA) is 117 Å². The number of hydrogen-bond donors (Lipinski definition) is 2. The summed E-state index contributed by atoms with van der Waals surface area (Å²) in [5.74, 6) is -0.158. The Balaban J connectivity index is 2.47. The number of ether oxygens (including phenoxy) is 2. The highest BCUT2D eigenvalue weighted by atomic mass is 32.2. The molecule has 0 saturated heterocycles. The number of likely N-dealkylation sites (N-methyl/N-ethyl adjacent to an activating group) is 1. The Morgan fingerprint density at radius 2 is 1.94 bits per heavy atom. The van der Waals surface area contributed by atoms with Crippen molar-refractivity contribution >= 4 is 27.6 Å². The van der Waals surface area contributed by atoms with Crippen molar-refractivity contribution < 1.29 is 27.5 Å². The fourth-order valence-corrected chi connectivity index (χ4v) is 4.33. The van der Waals surface area contributed by atoms with Crippen LogP contribution in [0.5, 0.6) is 5.75 Å². The van der Waals surface area contributed by atoms with Crippen molar-refractivity contribution in [3.8, 4) is 5.75 Å². The van der Waals surface area contributed by atoms with Crippen LogP contribution in [-0.2, 0) is 14.8 Å². The molecule has 1 aliphatic rings. The number of sulfonamides is 1. The van der Waals surface area contributed by atoms with Crippen molar-refractivity contribution in [3.05, 3.63) is 23.8 Å². The molecule has 11 heteroatoms. The Kier molecular flexibility index (Phi) is 9.57. The first-order chi connectivity index (χ1) is 15.9. The van der Waals surface area contributed by atoms with E-state index in [2.05, 4.69) is 10.0 Å². The van der Waals surface area contributed by atoms with Crippen molar-refractivity contribution in [2.24, 2.45) is 5.92 Å². The van der Waals surface area contributed by atoms with Crippen molar-refractivity contribution in [2.45, 2.75) is 52.8 Å². The number of amides is 3. The molecule has 0 radical (unpaired) electrons. The van der Waals surface area contributed by atoms with E-state index in [-0.39, 0.29) is 54.2 Å². The SMILES string of the molecule is CCS(=O)(=O)Nc1ccc2c(c1)OC[C@H](C)N(C(=O)NC(C)C)C[C@H](C)[C@@H](OC)CN(C)C2=O. The van der Waals surface area contributed by atoms with Gasteiger partial charge in [-0.05, 0) is 39.8 Å². The number of fused-ring (bicyclic) bond motifs is 1. The monoisotopic (exact) mass is 498 g/mol. The molecule has 2 rings (SSSR count). The van der Waals surface area contributed by atoms with Gasteiger partial charge in [-0.25, -0.2) is 13.2 Å². The van der Waals surface area contributed by atoms with E-state index in [1.807, 2.05) is 27.7 Å². The molecule has 1 aromatic carbocycles. The van der Waals surface area contributed by atoms with Gasteiger partial charge in [0, 0.05) is 45.3 Å². The Bertz CT molecular complexity index is 968. The van der Waals surface area contributed by atoms with Crippen molar-refractivity contribution in [2.75, 3.05) is 44.3 Å². The molecule has 0 aromatic heterocycles. The van der Waals surface area contributed by atoms with Gasteiger partial charge in [0.25, 0.3) is 5.91 Å². The summed E-state index contributed by atoms with van der Waals surface area (Å²) in [6, 6.07) is 4.02. The van der Waals surface area contributed by atoms with Crippen LogP contribution in [0.4, 0.5) is 10.5 Å². The first-order valence-electron chi connectivity index (χ1n) is 11.5. The molecule has 0 unspecified atom stereocenters. The minimum absolute atomic E-state index is 0.0332. The van der Waals surface area contributed by atoms with Crippen LogP contribution in [-0.4, -0.2) is 88.0 Å². The molecule has 0 aliphatic carbocycles. The maximum Gasteiger partial charge on any atom is 0.317 e. The maximum atomic E-state index is 13.2. The van der Waals surface area contributed by atoms with Crippen LogP contribution in [0.2, 0.25) is 0 Å². The highest BCUT2D eigenvalue weighted by Gasteiger charge is 2.30. The minimum Gasteiger partial charge on any atom is -0.491 e. The van der Waals surface area contributed by atoms with Gasteiger partial charge in [-0.1, -0.05) is 6.92 Å². The van der Waals surface area contributed by atoms with Crippen LogP contribution in [0.3, 0.4) is 0 Å². The summed E-state index contributed by atoms with van der Waals surface area (Å²) in [5, 5.41) is 2.93. The number of hydrogen-bond acceptors (Lipinski definition) is 6. The molecule has 0 bridgehead atoms. The van der Waals surface area contributed by atoms with E-state index in [0.717, 1.165) is 0 Å². The predicted molar refractivity (Wildman–Crippen MR) is 132 cm³/mol. The van der Waals surface area contributed by atoms with E-state index in [4.69, 9.17) is 9.47 Å². The number of rotatable bonds is 5. The van der Waals surface area contributed by atoms with Gasteiger partial charge in [-0.2, -0.15) is 0 Å². The van der Waals surface area contributed by atoms with Crippen LogP contribution in [0.1, 0.15) is 45.0 Å². The molecule has 34 heavy (non-hydrogen) atoms. The average Bonchev–Trinajstić information content (AvgIpc) is 2.77. The van der Waals surface area contributed by atoms with Gasteiger partial charge in [0.2, 0.25) is 10.0 Å². The van der Waals surface area contributed by atoms with E-state index < -0.39 is 10.0 Å². The molecule has 1 heterocycles. The van der Waals surface area contributed by atoms with Crippen molar-refractivity contribution in [1.82, 2.24) is 15.1 Å². The lowest BCUT2D eigenvalue weighted by Gasteiger charge is -2.36. The van der Waals surface area contributed by atoms with E-state index in [1.165, 1.54) is 19.1 Å². The van der Waals surface area contributed by atoms with E-state index in [0.29, 0.717) is 24.3 Å². The second-order valence-corrected chi connectivity index (χ2v) is 11.1. The number of anilines is 1. The summed E-state index contributed by atoms with van der Waals surface area (Å²) in [7, 11) is -0.231. The van der Waals surface area contributed by atoms with Crippen LogP contribution in [0, 0.1) is 5.92 Å². The van der Waals surface area contributed by atoms with E-state index in [9.17, 15) is 18.0 Å². The van der Waals surface area contributed by atoms with Gasteiger partial charge >= 0.3 is 6.03 Å². The molecule has 1 aromatic rings. The molecular weight excluding hydrogens is 460 g/mol. The van der Waals surface area contributed by atoms with Gasteiger partial charge in [0.1, 0.15) is 12.4 Å². The molecular formula is C23H38N4O6S. The number of nitrogens with one attached hydrogen (secondary N) is 2. The van der Waals surface area contributed by atoms with Crippen LogP contribution >= 0.6 is 0 Å². The lowest BCUT2D eigenvalue weighted by molar-refractivity contribution is 0.0165. The molecule has 10 nitrogen and oxygen atoms in total. The third-order valence-electron chi connectivity index (χ3n) is 5.77. The van der Waals surface area contributed by atoms with E-state index in [1.54, 1.807) is 30.0 Å². The smallest absolute Gasteiger partial charge is 0.317 e. The molecule has 3 atom stereocenters. The number of nitrogens with zero attached hydrogens (tertiary/aromatic N) is 2. The van der Waals surface area contributed by atoms with Gasteiger partial charge < -0.3 is 24.6 Å². The Hall–Kier alpha value is -2.53. The van der Waals surface area contributed by atoms with Crippen LogP contribution in [0.15, 0.2) is 18.2 Å². The van der Waals surface area contributed by atoms with Crippen LogP contribution < -0.4 is 14.8 Å². The molecule has 3 amide bonds. The lowest BCUT2D eigenvalue weighted by atomic mass is 10.0. The van der Waals surface area contributed by atoms with Gasteiger partial charge in [0.15, 0.2) is 0 Å². The minimum atomic E-state index is -3.50. The summed E-state index contributed by atoms with van der Waals surface area (Å²) in [6.07, 6.45) is -0.296. The van der Waals surface area contributed by atoms with Gasteiger partial charge in [0.05, 0.1) is 29.1 Å². The zero-order valence-electron chi connectivity index (χ0n) is 21.1. The van der Waals surface area contributed by atoms with Crippen molar-refractivity contribution in [1.29, 1.82) is 0 Å². The lowest BCUT2D eigenvalue weighted by Crippen LogP contribution is -2.52. The Labute approximate surface area is 203 Å². The van der Waals surface area contributed by atoms with Gasteiger partial charge in [-0.3, -0.25) is 9.52 Å². The van der Waals surface area contributed by atoms with E-state index >= 15 is 0 Å². The number of benzene rings is 1. The highest BCUT2D eigenvalue weighted by Crippen LogP contribution is 2.27. The number of carbonyl (C=O) groups is 2. The molecule has 0 fully saturated rings. The number of methoxy groups -OCH3 is 1. The highest BCUT2D eigenvalue weighted by molar-refractivity contribution is 7.92. The van der Waals surface area contributed by atoms with Crippen LogP contribution in [0.25, 0.3) is 0 Å². The fraction of sp³-hybridized carbons (Fsp3) is 0.652. The zero-order chi connectivity index (χ0) is 25.6. The van der Waals surface area contributed by atoms with Crippen molar-refractivity contribution in [3.63, 3.8) is 0 Å². The molecule has 1 aliphatic heterocycles. The largest absolute Gasteiger partial charge is 0.491 e. The third kappa shape index (κ3) is 7.23. The predicted octanol–water partition coefficient (Wildman–Crippen LogP) is 2.37. The fourth-order valence-electron chi connectivity index (χ4n) is 3.70. The second-order valence-electron chi connectivity index (χ2n) is 9.07. The molecule has 0 spiro atoms. The normalized spacial score (nSPS) is 22.4. The zero-order valence-corrected chi connectivity index (χ0v) is 21.9. The summed E-state index contributed by atoms with van der Waals surface area (Å²) in [4.78, 5) is 29.4. The summed E-state index contributed by atoms with van der Waals surface area (Å²) in [5.41, 5.74) is 0.601. The molecule has 192 valence electrons. The molecule has 2 N–H and O–H groups in total. The third-order valence-corrected chi connectivity index (χ3v) is 7.08. The summed E-state index contributed by atoms with van der Waals surface area (Å²) >= 11 is 0. The Morgan fingerprint density at radius 3 is 2.53 bits per heavy atom.